The Hall–Kier alpha value is -0.890. The zero-order valence-electron chi connectivity index (χ0n) is 7.39. The molecule has 0 aromatic heterocycles. The van der Waals surface area contributed by atoms with Gasteiger partial charge >= 0.3 is 0 Å². The number of rotatable bonds is 2. The molecule has 2 heteroatoms. The van der Waals surface area contributed by atoms with Gasteiger partial charge in [-0.25, -0.2) is 4.39 Å². The third-order valence-electron chi connectivity index (χ3n) is 2.00. The standard InChI is InChI=1S/C10H13FO/c1-7-6-10(11)8(2)5-9(7)3-4-12/h5-6,12H,3-4H2,1-2H3. The van der Waals surface area contributed by atoms with E-state index in [9.17, 15) is 4.39 Å². The predicted octanol–water partition coefficient (Wildman–Crippen LogP) is 1.98. The number of aliphatic hydroxyl groups is 1. The Kier molecular flexibility index (Phi) is 2.82. The fourth-order valence-corrected chi connectivity index (χ4v) is 1.23. The van der Waals surface area contributed by atoms with Crippen LogP contribution in [0.1, 0.15) is 16.7 Å². The molecule has 1 N–H and O–H groups in total. The minimum atomic E-state index is -0.172. The van der Waals surface area contributed by atoms with E-state index in [-0.39, 0.29) is 12.4 Å². The van der Waals surface area contributed by atoms with Crippen LogP contribution in [0.2, 0.25) is 0 Å². The first-order chi connectivity index (χ1) is 5.65. The Morgan fingerprint density at radius 1 is 1.25 bits per heavy atom. The maximum absolute atomic E-state index is 12.9. The quantitative estimate of drug-likeness (QED) is 0.715. The summed E-state index contributed by atoms with van der Waals surface area (Å²) in [4.78, 5) is 0. The highest BCUT2D eigenvalue weighted by Gasteiger charge is 2.02. The fraction of sp³-hybridized carbons (Fsp3) is 0.400. The number of benzene rings is 1. The highest BCUT2D eigenvalue weighted by molar-refractivity contribution is 5.31. The summed E-state index contributed by atoms with van der Waals surface area (Å²) >= 11 is 0. The lowest BCUT2D eigenvalue weighted by atomic mass is 10.0. The molecule has 1 aromatic carbocycles. The second-order valence-corrected chi connectivity index (χ2v) is 3.00. The lowest BCUT2D eigenvalue weighted by Gasteiger charge is -2.05. The molecule has 12 heavy (non-hydrogen) atoms. The van der Waals surface area contributed by atoms with Crippen molar-refractivity contribution in [1.82, 2.24) is 0 Å². The zero-order valence-corrected chi connectivity index (χ0v) is 7.39. The van der Waals surface area contributed by atoms with Crippen molar-refractivity contribution in [2.75, 3.05) is 6.61 Å². The predicted molar refractivity (Wildman–Crippen MR) is 46.7 cm³/mol. The molecule has 0 atom stereocenters. The van der Waals surface area contributed by atoms with Gasteiger partial charge in [0.2, 0.25) is 0 Å². The number of hydrogen-bond acceptors (Lipinski definition) is 1. The van der Waals surface area contributed by atoms with Crippen LogP contribution in [0, 0.1) is 19.7 Å². The molecule has 0 unspecified atom stereocenters. The fourth-order valence-electron chi connectivity index (χ4n) is 1.23. The van der Waals surface area contributed by atoms with Gasteiger partial charge in [-0.05, 0) is 43.0 Å². The third-order valence-corrected chi connectivity index (χ3v) is 2.00. The van der Waals surface area contributed by atoms with E-state index in [2.05, 4.69) is 0 Å². The summed E-state index contributed by atoms with van der Waals surface area (Å²) in [6.45, 7) is 3.70. The van der Waals surface area contributed by atoms with Gasteiger partial charge in [0.1, 0.15) is 5.82 Å². The molecule has 0 bridgehead atoms. The van der Waals surface area contributed by atoms with Gasteiger partial charge < -0.3 is 5.11 Å². The average Bonchev–Trinajstić information content (AvgIpc) is 2.01. The number of hydrogen-bond donors (Lipinski definition) is 1. The molecular weight excluding hydrogens is 155 g/mol. The summed E-state index contributed by atoms with van der Waals surface area (Å²) in [7, 11) is 0. The summed E-state index contributed by atoms with van der Waals surface area (Å²) < 4.78 is 12.9. The molecule has 0 aliphatic rings. The minimum Gasteiger partial charge on any atom is -0.396 e. The Bertz CT molecular complexity index is 281. The highest BCUT2D eigenvalue weighted by atomic mass is 19.1. The first kappa shape index (κ1) is 9.20. The van der Waals surface area contributed by atoms with Gasteiger partial charge in [0.05, 0.1) is 0 Å². The normalized spacial score (nSPS) is 10.3. The van der Waals surface area contributed by atoms with Crippen molar-refractivity contribution in [3.8, 4) is 0 Å². The van der Waals surface area contributed by atoms with Crippen molar-refractivity contribution in [1.29, 1.82) is 0 Å². The van der Waals surface area contributed by atoms with E-state index < -0.39 is 0 Å². The minimum absolute atomic E-state index is 0.117. The lowest BCUT2D eigenvalue weighted by molar-refractivity contribution is 0.299. The summed E-state index contributed by atoms with van der Waals surface area (Å²) in [5.74, 6) is -0.172. The van der Waals surface area contributed by atoms with Crippen LogP contribution in [0.3, 0.4) is 0 Å². The molecule has 0 saturated carbocycles. The van der Waals surface area contributed by atoms with Crippen molar-refractivity contribution in [2.45, 2.75) is 20.3 Å². The van der Waals surface area contributed by atoms with Crippen molar-refractivity contribution in [3.63, 3.8) is 0 Å². The molecule has 0 saturated heterocycles. The van der Waals surface area contributed by atoms with Crippen LogP contribution in [0.5, 0.6) is 0 Å². The molecule has 0 spiro atoms. The van der Waals surface area contributed by atoms with E-state index in [0.717, 1.165) is 11.1 Å². The topological polar surface area (TPSA) is 20.2 Å². The first-order valence-corrected chi connectivity index (χ1v) is 4.01. The average molecular weight is 168 g/mol. The highest BCUT2D eigenvalue weighted by Crippen LogP contribution is 2.14. The van der Waals surface area contributed by atoms with E-state index in [1.165, 1.54) is 6.07 Å². The lowest BCUT2D eigenvalue weighted by Crippen LogP contribution is -1.96. The Morgan fingerprint density at radius 2 is 1.92 bits per heavy atom. The van der Waals surface area contributed by atoms with Crippen LogP contribution >= 0.6 is 0 Å². The third kappa shape index (κ3) is 1.83. The molecule has 0 heterocycles. The largest absolute Gasteiger partial charge is 0.396 e. The van der Waals surface area contributed by atoms with Crippen LogP contribution in [-0.2, 0) is 6.42 Å². The smallest absolute Gasteiger partial charge is 0.126 e. The van der Waals surface area contributed by atoms with E-state index in [4.69, 9.17) is 5.11 Å². The van der Waals surface area contributed by atoms with Crippen molar-refractivity contribution in [3.05, 3.63) is 34.6 Å². The number of aryl methyl sites for hydroxylation is 2. The van der Waals surface area contributed by atoms with E-state index in [1.807, 2.05) is 6.92 Å². The molecule has 1 aromatic rings. The second-order valence-electron chi connectivity index (χ2n) is 3.00. The van der Waals surface area contributed by atoms with Crippen molar-refractivity contribution in [2.24, 2.45) is 0 Å². The van der Waals surface area contributed by atoms with Gasteiger partial charge in [0, 0.05) is 6.61 Å². The summed E-state index contributed by atoms with van der Waals surface area (Å²) in [6.07, 6.45) is 0.604. The second kappa shape index (κ2) is 3.68. The van der Waals surface area contributed by atoms with Crippen molar-refractivity contribution >= 4 is 0 Å². The molecule has 0 amide bonds. The maximum atomic E-state index is 12.9. The van der Waals surface area contributed by atoms with E-state index in [1.54, 1.807) is 13.0 Å². The van der Waals surface area contributed by atoms with Gasteiger partial charge in [-0.3, -0.25) is 0 Å². The van der Waals surface area contributed by atoms with E-state index in [0.29, 0.717) is 12.0 Å². The Labute approximate surface area is 71.9 Å². The molecule has 0 aliphatic heterocycles. The SMILES string of the molecule is Cc1cc(CCO)c(C)cc1F. The summed E-state index contributed by atoms with van der Waals surface area (Å²) in [6, 6.07) is 3.31. The molecular formula is C10H13FO. The monoisotopic (exact) mass is 168 g/mol. The number of aliphatic hydroxyl groups excluding tert-OH is 1. The molecule has 0 aliphatic carbocycles. The molecule has 66 valence electrons. The van der Waals surface area contributed by atoms with Crippen molar-refractivity contribution < 1.29 is 9.50 Å². The summed E-state index contributed by atoms with van der Waals surface area (Å²) in [5.41, 5.74) is 2.58. The Morgan fingerprint density at radius 3 is 2.50 bits per heavy atom. The molecule has 1 nitrogen and oxygen atoms in total. The van der Waals surface area contributed by atoms with Crippen LogP contribution in [0.15, 0.2) is 12.1 Å². The van der Waals surface area contributed by atoms with Crippen LogP contribution in [-0.4, -0.2) is 11.7 Å². The van der Waals surface area contributed by atoms with Gasteiger partial charge in [-0.2, -0.15) is 0 Å². The Balaban J connectivity index is 3.05. The van der Waals surface area contributed by atoms with Gasteiger partial charge in [-0.1, -0.05) is 6.07 Å². The first-order valence-electron chi connectivity index (χ1n) is 4.01. The zero-order chi connectivity index (χ0) is 9.14. The van der Waals surface area contributed by atoms with Crippen LogP contribution in [0.4, 0.5) is 4.39 Å². The molecule has 0 fully saturated rings. The maximum Gasteiger partial charge on any atom is 0.126 e. The molecule has 0 radical (unpaired) electrons. The number of halogens is 1. The van der Waals surface area contributed by atoms with Gasteiger partial charge in [0.15, 0.2) is 0 Å². The summed E-state index contributed by atoms with van der Waals surface area (Å²) in [5, 5.41) is 8.71. The molecule has 1 rings (SSSR count). The van der Waals surface area contributed by atoms with Crippen LogP contribution < -0.4 is 0 Å². The van der Waals surface area contributed by atoms with E-state index >= 15 is 0 Å². The van der Waals surface area contributed by atoms with Gasteiger partial charge in [0.25, 0.3) is 0 Å². The van der Waals surface area contributed by atoms with Gasteiger partial charge in [-0.15, -0.1) is 0 Å². The van der Waals surface area contributed by atoms with Crippen LogP contribution in [0.25, 0.3) is 0 Å².